The maximum atomic E-state index is 15.1. The molecular weight excluding hydrogens is 509 g/mol. The molecule has 4 aliphatic rings. The average molecular weight is 513 g/mol. The molecule has 18 heteroatoms. The monoisotopic (exact) mass is 512 g/mol. The van der Waals surface area contributed by atoms with E-state index >= 15 is 4.39 Å². The summed E-state index contributed by atoms with van der Waals surface area (Å²) in [5, 5.41) is -2.55. The maximum absolute atomic E-state index is 15.1. The highest BCUT2D eigenvalue weighted by molar-refractivity contribution is 6.29. The van der Waals surface area contributed by atoms with E-state index in [0.717, 1.165) is 0 Å². The molecule has 0 aromatic heterocycles. The molecule has 180 valence electrons. The van der Waals surface area contributed by atoms with Crippen molar-refractivity contribution in [3.63, 3.8) is 0 Å². The van der Waals surface area contributed by atoms with Gasteiger partial charge >= 0.3 is 64.1 Å². The second-order valence-electron chi connectivity index (χ2n) is 7.14. The van der Waals surface area contributed by atoms with Crippen molar-refractivity contribution in [2.75, 3.05) is 0 Å². The minimum atomic E-state index is -7.93. The highest BCUT2D eigenvalue weighted by Gasteiger charge is 3.24. The van der Waals surface area contributed by atoms with Crippen LogP contribution in [0.15, 0.2) is 0 Å². The van der Waals surface area contributed by atoms with E-state index in [1.165, 1.54) is 0 Å². The van der Waals surface area contributed by atoms with Crippen molar-refractivity contribution >= 4 is 17.6 Å². The fourth-order valence-electron chi connectivity index (χ4n) is 4.17. The lowest BCUT2D eigenvalue weighted by atomic mass is 9.40. The molecule has 1 atom stereocenters. The first-order valence-electron chi connectivity index (χ1n) is 7.53. The number of hydrogen-bond donors (Lipinski definition) is 0. The zero-order valence-corrected chi connectivity index (χ0v) is 14.7. The van der Waals surface area contributed by atoms with Gasteiger partial charge < -0.3 is 4.74 Å². The van der Waals surface area contributed by atoms with E-state index in [0.29, 0.717) is 6.92 Å². The molecule has 4 fully saturated rings. The molecule has 0 aromatic carbocycles. The van der Waals surface area contributed by atoms with Crippen LogP contribution in [0.2, 0.25) is 0 Å². The van der Waals surface area contributed by atoms with Gasteiger partial charge in [0.2, 0.25) is 0 Å². The van der Waals surface area contributed by atoms with Crippen LogP contribution in [0, 0.1) is 0 Å². The zero-order chi connectivity index (χ0) is 24.9. The van der Waals surface area contributed by atoms with Gasteiger partial charge in [-0.05, 0) is 6.92 Å². The molecule has 0 radical (unpaired) electrons. The Bertz CT molecular complexity index is 781. The summed E-state index contributed by atoms with van der Waals surface area (Å²) in [5.74, 6) is -49.7. The van der Waals surface area contributed by atoms with Gasteiger partial charge in [-0.3, -0.25) is 4.79 Å². The van der Waals surface area contributed by atoms with Crippen molar-refractivity contribution in [1.29, 1.82) is 0 Å². The Hall–Kier alpha value is -1.29. The highest BCUT2D eigenvalue weighted by atomic mass is 35.5. The number of alkyl halides is 16. The molecule has 4 bridgehead atoms. The average Bonchev–Trinajstić information content (AvgIpc) is 2.60. The quantitative estimate of drug-likeness (QED) is 0.300. The first kappa shape index (κ1) is 24.4. The summed E-state index contributed by atoms with van der Waals surface area (Å²) >= 11 is 4.87. The van der Waals surface area contributed by atoms with E-state index in [9.17, 15) is 66.3 Å². The first-order valence-corrected chi connectivity index (χ1v) is 7.97. The third-order valence-corrected chi connectivity index (χ3v) is 5.96. The maximum Gasteiger partial charge on any atom is 0.343 e. The second-order valence-corrected chi connectivity index (χ2v) is 7.79. The number of hydrogen-bond acceptors (Lipinski definition) is 2. The van der Waals surface area contributed by atoms with Gasteiger partial charge in [-0.1, -0.05) is 0 Å². The van der Waals surface area contributed by atoms with E-state index in [1.807, 2.05) is 0 Å². The molecule has 2 nitrogen and oxygen atoms in total. The van der Waals surface area contributed by atoms with E-state index in [-0.39, 0.29) is 0 Å². The predicted octanol–water partition coefficient (Wildman–Crippen LogP) is 4.87. The summed E-state index contributed by atoms with van der Waals surface area (Å²) in [6.07, 6.45) is 0. The smallest absolute Gasteiger partial charge is 0.343 e. The lowest BCUT2D eigenvalue weighted by Crippen LogP contribution is -3.09. The zero-order valence-electron chi connectivity index (χ0n) is 13.9. The van der Waals surface area contributed by atoms with E-state index < -0.39 is 69.5 Å². The molecule has 0 N–H and O–H groups in total. The highest BCUT2D eigenvalue weighted by Crippen LogP contribution is 2.88. The van der Waals surface area contributed by atoms with Crippen LogP contribution in [0.4, 0.5) is 65.9 Å². The van der Waals surface area contributed by atoms with Gasteiger partial charge in [0.05, 0.1) is 0 Å². The van der Waals surface area contributed by atoms with Gasteiger partial charge in [0.15, 0.2) is 0 Å². The van der Waals surface area contributed by atoms with Gasteiger partial charge in [-0.2, -0.15) is 48.3 Å². The summed E-state index contributed by atoms with van der Waals surface area (Å²) in [6.45, 7) is 0.299. The third-order valence-electron chi connectivity index (χ3n) is 5.78. The van der Waals surface area contributed by atoms with Crippen LogP contribution in [0.1, 0.15) is 6.92 Å². The van der Waals surface area contributed by atoms with Gasteiger partial charge in [0, 0.05) is 0 Å². The van der Waals surface area contributed by atoms with E-state index in [1.54, 1.807) is 0 Å². The number of ether oxygens (including phenoxy) is 1. The molecule has 0 spiro atoms. The van der Waals surface area contributed by atoms with Crippen LogP contribution in [-0.2, 0) is 9.53 Å². The molecule has 0 saturated heterocycles. The standard InChI is InChI=1S/C13H4ClF15O2/c1-2(14)3(30)31-13(29)6(17)9(21,22)4(15)8(19,20)5(16,11(6,25)26)12(27,28)7(13,18)10(4,23)24/h2H,1H3. The summed E-state index contributed by atoms with van der Waals surface area (Å²) in [4.78, 5) is 11.3. The van der Waals surface area contributed by atoms with Crippen molar-refractivity contribution in [3.8, 4) is 0 Å². The number of halogens is 16. The molecule has 4 saturated carbocycles. The van der Waals surface area contributed by atoms with E-state index in [2.05, 4.69) is 4.74 Å². The summed E-state index contributed by atoms with van der Waals surface area (Å²) < 4.78 is 219. The Morgan fingerprint density at radius 3 is 1.03 bits per heavy atom. The number of rotatable bonds is 2. The fraction of sp³-hybridized carbons (Fsp3) is 0.923. The topological polar surface area (TPSA) is 26.3 Å². The van der Waals surface area contributed by atoms with Crippen molar-refractivity contribution in [1.82, 2.24) is 0 Å². The van der Waals surface area contributed by atoms with Crippen LogP contribution in [0.25, 0.3) is 0 Å². The Kier molecular flexibility index (Phi) is 4.01. The van der Waals surface area contributed by atoms with Crippen LogP contribution in [0.3, 0.4) is 0 Å². The lowest BCUT2D eigenvalue weighted by Gasteiger charge is -2.73. The molecular formula is C13H4ClF15O2. The third kappa shape index (κ3) is 1.53. The molecule has 31 heavy (non-hydrogen) atoms. The Morgan fingerprint density at radius 1 is 0.581 bits per heavy atom. The van der Waals surface area contributed by atoms with Crippen molar-refractivity contribution in [3.05, 3.63) is 0 Å². The molecule has 4 rings (SSSR count). The molecule has 0 heterocycles. The van der Waals surface area contributed by atoms with Crippen LogP contribution < -0.4 is 0 Å². The Balaban J connectivity index is 2.64. The van der Waals surface area contributed by atoms with Gasteiger partial charge in [0.25, 0.3) is 0 Å². The van der Waals surface area contributed by atoms with Crippen molar-refractivity contribution in [2.45, 2.75) is 70.4 Å². The molecule has 0 aliphatic heterocycles. The number of esters is 1. The van der Waals surface area contributed by atoms with Crippen LogP contribution in [-0.4, -0.2) is 69.5 Å². The molecule has 0 amide bonds. The SMILES string of the molecule is CC(Cl)C(=O)OC1(F)C2(F)C(F)(F)C3(F)C(F)(F)C(F)(C2(F)F)C(F)(F)C1(F)C3(F)F. The predicted molar refractivity (Wildman–Crippen MR) is 65.3 cm³/mol. The fourth-order valence-corrected chi connectivity index (χ4v) is 4.21. The largest absolute Gasteiger partial charge is 0.419 e. The van der Waals surface area contributed by atoms with Gasteiger partial charge in [-0.15, -0.1) is 11.6 Å². The summed E-state index contributed by atoms with van der Waals surface area (Å²) in [6, 6.07) is 0. The normalized spacial score (nSPS) is 50.7. The van der Waals surface area contributed by atoms with Crippen molar-refractivity contribution < 1.29 is 75.4 Å². The molecule has 0 aromatic rings. The van der Waals surface area contributed by atoms with Crippen molar-refractivity contribution in [2.24, 2.45) is 0 Å². The van der Waals surface area contributed by atoms with Gasteiger partial charge in [0.1, 0.15) is 5.38 Å². The molecule has 4 aliphatic carbocycles. The summed E-state index contributed by atoms with van der Waals surface area (Å²) in [5.41, 5.74) is -31.0. The summed E-state index contributed by atoms with van der Waals surface area (Å²) in [7, 11) is 0. The minimum Gasteiger partial charge on any atom is -0.419 e. The van der Waals surface area contributed by atoms with Crippen LogP contribution >= 0.6 is 11.6 Å². The number of carbonyl (C=O) groups is 1. The minimum absolute atomic E-state index is 0.299. The van der Waals surface area contributed by atoms with E-state index in [4.69, 9.17) is 11.6 Å². The van der Waals surface area contributed by atoms with Gasteiger partial charge in [-0.25, -0.2) is 17.6 Å². The van der Waals surface area contributed by atoms with Crippen LogP contribution in [0.5, 0.6) is 0 Å². The number of carbonyl (C=O) groups excluding carboxylic acids is 1. The molecule has 1 unspecified atom stereocenters. The second kappa shape index (κ2) is 5.11. The Labute approximate surface area is 164 Å². The lowest BCUT2D eigenvalue weighted by molar-refractivity contribution is -0.613. The Morgan fingerprint density at radius 2 is 0.806 bits per heavy atom. The first-order chi connectivity index (χ1) is 13.3.